The minimum absolute atomic E-state index is 0.0384. The van der Waals surface area contributed by atoms with Gasteiger partial charge in [-0.2, -0.15) is 5.26 Å². The minimum Gasteiger partial charge on any atom is -0.369 e. The van der Waals surface area contributed by atoms with Gasteiger partial charge in [-0.1, -0.05) is 0 Å². The molecule has 1 unspecified atom stereocenters. The molecule has 0 radical (unpaired) electrons. The number of rotatable bonds is 6. The van der Waals surface area contributed by atoms with Crippen LogP contribution in [0.1, 0.15) is 25.7 Å². The molecule has 0 saturated carbocycles. The van der Waals surface area contributed by atoms with E-state index in [2.05, 4.69) is 4.90 Å². The van der Waals surface area contributed by atoms with Crippen molar-refractivity contribution in [2.75, 3.05) is 33.2 Å². The van der Waals surface area contributed by atoms with Crippen molar-refractivity contribution in [3.63, 3.8) is 0 Å². The monoisotopic (exact) mass is 266 g/mol. The van der Waals surface area contributed by atoms with Gasteiger partial charge in [0.2, 0.25) is 11.8 Å². The van der Waals surface area contributed by atoms with E-state index in [9.17, 15) is 9.59 Å². The molecule has 1 fully saturated rings. The molecule has 0 bridgehead atoms. The number of nitrogens with two attached hydrogens (primary N) is 1. The highest BCUT2D eigenvalue weighted by atomic mass is 16.2. The van der Waals surface area contributed by atoms with E-state index in [-0.39, 0.29) is 17.7 Å². The van der Waals surface area contributed by atoms with E-state index in [0.717, 1.165) is 19.4 Å². The Morgan fingerprint density at radius 2 is 2.26 bits per heavy atom. The van der Waals surface area contributed by atoms with Crippen LogP contribution in [0.25, 0.3) is 0 Å². The first kappa shape index (κ1) is 15.4. The maximum Gasteiger partial charge on any atom is 0.223 e. The number of nitrogens with zero attached hydrogens (tertiary/aromatic N) is 3. The lowest BCUT2D eigenvalue weighted by molar-refractivity contribution is -0.130. The van der Waals surface area contributed by atoms with Gasteiger partial charge in [0, 0.05) is 33.1 Å². The van der Waals surface area contributed by atoms with Crippen LogP contribution in [0.2, 0.25) is 0 Å². The molecule has 0 aromatic heterocycles. The highest BCUT2D eigenvalue weighted by Crippen LogP contribution is 2.16. The van der Waals surface area contributed by atoms with Gasteiger partial charge in [0.1, 0.15) is 0 Å². The molecule has 0 aromatic rings. The molecule has 1 rings (SSSR count). The van der Waals surface area contributed by atoms with Crippen molar-refractivity contribution >= 4 is 11.8 Å². The van der Waals surface area contributed by atoms with Crippen molar-refractivity contribution in [1.82, 2.24) is 9.80 Å². The maximum atomic E-state index is 11.8. The normalized spacial score (nSPS) is 19.7. The van der Waals surface area contributed by atoms with E-state index >= 15 is 0 Å². The summed E-state index contributed by atoms with van der Waals surface area (Å²) in [6, 6.07) is 2.02. The lowest BCUT2D eigenvalue weighted by Crippen LogP contribution is -2.42. The minimum atomic E-state index is -0.248. The Balaban J connectivity index is 2.30. The van der Waals surface area contributed by atoms with Crippen LogP contribution in [-0.4, -0.2) is 54.8 Å². The Morgan fingerprint density at radius 3 is 2.89 bits per heavy atom. The van der Waals surface area contributed by atoms with Gasteiger partial charge in [0.25, 0.3) is 0 Å². The van der Waals surface area contributed by atoms with Crippen LogP contribution in [0.15, 0.2) is 0 Å². The highest BCUT2D eigenvalue weighted by Gasteiger charge is 2.24. The van der Waals surface area contributed by atoms with Crippen LogP contribution in [0.4, 0.5) is 0 Å². The molecule has 1 atom stereocenters. The van der Waals surface area contributed by atoms with Gasteiger partial charge in [-0.25, -0.2) is 0 Å². The molecule has 2 amide bonds. The molecule has 19 heavy (non-hydrogen) atoms. The number of hydrogen-bond donors (Lipinski definition) is 1. The largest absolute Gasteiger partial charge is 0.369 e. The first-order valence-electron chi connectivity index (χ1n) is 6.67. The van der Waals surface area contributed by atoms with Gasteiger partial charge in [0.05, 0.1) is 18.4 Å². The summed E-state index contributed by atoms with van der Waals surface area (Å²) >= 11 is 0. The molecule has 106 valence electrons. The van der Waals surface area contributed by atoms with Gasteiger partial charge < -0.3 is 15.5 Å². The summed E-state index contributed by atoms with van der Waals surface area (Å²) in [6.07, 6.45) is 2.58. The molecule has 1 heterocycles. The van der Waals surface area contributed by atoms with Gasteiger partial charge in [-0.3, -0.25) is 9.59 Å². The number of piperidine rings is 1. The summed E-state index contributed by atoms with van der Waals surface area (Å²) in [5.41, 5.74) is 5.32. The topological polar surface area (TPSA) is 90.4 Å². The van der Waals surface area contributed by atoms with Crippen LogP contribution in [0, 0.1) is 17.2 Å². The molecule has 1 aliphatic heterocycles. The van der Waals surface area contributed by atoms with Crippen molar-refractivity contribution in [1.29, 1.82) is 5.26 Å². The van der Waals surface area contributed by atoms with E-state index < -0.39 is 0 Å². The number of nitriles is 1. The summed E-state index contributed by atoms with van der Waals surface area (Å²) in [5.74, 6) is -0.293. The lowest BCUT2D eigenvalue weighted by Gasteiger charge is -2.31. The first-order valence-corrected chi connectivity index (χ1v) is 6.67. The standard InChI is InChI=1S/C13H22N4O2/c1-16(7-3-6-14)12(18)5-9-17-8-2-4-11(10-17)13(15)19/h11H,2-5,7-10H2,1H3,(H2,15,19). The summed E-state index contributed by atoms with van der Waals surface area (Å²) < 4.78 is 0. The zero-order valence-corrected chi connectivity index (χ0v) is 11.5. The smallest absolute Gasteiger partial charge is 0.223 e. The van der Waals surface area contributed by atoms with E-state index in [1.165, 1.54) is 0 Å². The number of amides is 2. The molecule has 6 nitrogen and oxygen atoms in total. The summed E-state index contributed by atoms with van der Waals surface area (Å²) in [4.78, 5) is 26.7. The average Bonchev–Trinajstić information content (AvgIpc) is 2.42. The van der Waals surface area contributed by atoms with Gasteiger partial charge >= 0.3 is 0 Å². The molecule has 0 spiro atoms. The van der Waals surface area contributed by atoms with Gasteiger partial charge in [-0.15, -0.1) is 0 Å². The van der Waals surface area contributed by atoms with Crippen molar-refractivity contribution in [2.24, 2.45) is 11.7 Å². The van der Waals surface area contributed by atoms with Crippen molar-refractivity contribution in [2.45, 2.75) is 25.7 Å². The Labute approximate surface area is 114 Å². The van der Waals surface area contributed by atoms with Crippen LogP contribution < -0.4 is 5.73 Å². The second-order valence-electron chi connectivity index (χ2n) is 5.02. The van der Waals surface area contributed by atoms with E-state index in [0.29, 0.717) is 32.5 Å². The fraction of sp³-hybridized carbons (Fsp3) is 0.769. The summed E-state index contributed by atoms with van der Waals surface area (Å²) in [7, 11) is 1.71. The quantitative estimate of drug-likeness (QED) is 0.729. The van der Waals surface area contributed by atoms with Crippen LogP contribution >= 0.6 is 0 Å². The lowest BCUT2D eigenvalue weighted by atomic mass is 9.97. The van der Waals surface area contributed by atoms with Gasteiger partial charge in [0.15, 0.2) is 0 Å². The average molecular weight is 266 g/mol. The van der Waals surface area contributed by atoms with Crippen molar-refractivity contribution in [3.8, 4) is 6.07 Å². The van der Waals surface area contributed by atoms with Crippen LogP contribution in [-0.2, 0) is 9.59 Å². The maximum absolute atomic E-state index is 11.8. The Bertz CT molecular complexity index is 364. The van der Waals surface area contributed by atoms with Crippen LogP contribution in [0.5, 0.6) is 0 Å². The predicted octanol–water partition coefficient (Wildman–Crippen LogP) is -0.0541. The van der Waals surface area contributed by atoms with E-state index in [4.69, 9.17) is 11.0 Å². The predicted molar refractivity (Wildman–Crippen MR) is 70.8 cm³/mol. The van der Waals surface area contributed by atoms with Crippen LogP contribution in [0.3, 0.4) is 0 Å². The molecular weight excluding hydrogens is 244 g/mol. The molecule has 1 aliphatic rings. The molecule has 1 saturated heterocycles. The second-order valence-corrected chi connectivity index (χ2v) is 5.02. The number of hydrogen-bond acceptors (Lipinski definition) is 4. The summed E-state index contributed by atoms with van der Waals surface area (Å²) in [6.45, 7) is 2.70. The van der Waals surface area contributed by atoms with Crippen molar-refractivity contribution < 1.29 is 9.59 Å². The first-order chi connectivity index (χ1) is 9.04. The van der Waals surface area contributed by atoms with E-state index in [1.807, 2.05) is 6.07 Å². The zero-order valence-electron chi connectivity index (χ0n) is 11.5. The Hall–Kier alpha value is -1.61. The number of likely N-dealkylation sites (tertiary alicyclic amines) is 1. The third-order valence-electron chi connectivity index (χ3n) is 3.53. The van der Waals surface area contributed by atoms with Crippen molar-refractivity contribution in [3.05, 3.63) is 0 Å². The molecular formula is C13H22N4O2. The molecule has 0 aliphatic carbocycles. The fourth-order valence-corrected chi connectivity index (χ4v) is 2.28. The third kappa shape index (κ3) is 5.26. The number of primary amides is 1. The SMILES string of the molecule is CN(CCC#N)C(=O)CCN1CCCC(C(N)=O)C1. The zero-order chi connectivity index (χ0) is 14.3. The Kier molecular flexibility index (Phi) is 6.30. The fourth-order valence-electron chi connectivity index (χ4n) is 2.28. The molecule has 6 heteroatoms. The third-order valence-corrected chi connectivity index (χ3v) is 3.53. The number of carbonyl (C=O) groups excluding carboxylic acids is 2. The molecule has 2 N–H and O–H groups in total. The van der Waals surface area contributed by atoms with Gasteiger partial charge in [-0.05, 0) is 19.4 Å². The highest BCUT2D eigenvalue weighted by molar-refractivity contribution is 5.77. The second kappa shape index (κ2) is 7.74. The van der Waals surface area contributed by atoms with E-state index in [1.54, 1.807) is 11.9 Å². The Morgan fingerprint density at radius 1 is 1.53 bits per heavy atom. The summed E-state index contributed by atoms with van der Waals surface area (Å²) in [5, 5.41) is 8.47. The molecule has 0 aromatic carbocycles. The number of carbonyl (C=O) groups is 2.